The van der Waals surface area contributed by atoms with Crippen LogP contribution in [0.15, 0.2) is 24.8 Å². The molecular formula is C9H14O3. The van der Waals surface area contributed by atoms with Gasteiger partial charge >= 0.3 is 5.97 Å². The van der Waals surface area contributed by atoms with Crippen molar-refractivity contribution in [1.29, 1.82) is 0 Å². The molecule has 0 aromatic heterocycles. The third-order valence-corrected chi connectivity index (χ3v) is 1.62. The van der Waals surface area contributed by atoms with E-state index in [1.807, 2.05) is 6.92 Å². The first-order chi connectivity index (χ1) is 5.57. The maximum atomic E-state index is 10.0. The van der Waals surface area contributed by atoms with Crippen LogP contribution in [-0.4, -0.2) is 22.3 Å². The summed E-state index contributed by atoms with van der Waals surface area (Å²) >= 11 is 0. The molecule has 0 saturated carbocycles. The van der Waals surface area contributed by atoms with Gasteiger partial charge in [0.15, 0.2) is 0 Å². The molecule has 0 aliphatic carbocycles. The van der Waals surface area contributed by atoms with E-state index in [0.717, 1.165) is 6.08 Å². The second kappa shape index (κ2) is 5.55. The van der Waals surface area contributed by atoms with Crippen molar-refractivity contribution in [3.63, 3.8) is 0 Å². The zero-order valence-corrected chi connectivity index (χ0v) is 7.10. The minimum absolute atomic E-state index is 0.0107. The molecule has 2 N–H and O–H groups in total. The Labute approximate surface area is 72.0 Å². The van der Waals surface area contributed by atoms with Crippen molar-refractivity contribution in [2.45, 2.75) is 19.4 Å². The minimum Gasteiger partial charge on any atom is -0.478 e. The molecule has 3 nitrogen and oxygen atoms in total. The van der Waals surface area contributed by atoms with Gasteiger partial charge in [0.1, 0.15) is 0 Å². The summed E-state index contributed by atoms with van der Waals surface area (Å²) in [4.78, 5) is 10.0. The van der Waals surface area contributed by atoms with E-state index in [4.69, 9.17) is 5.11 Å². The largest absolute Gasteiger partial charge is 0.478 e. The number of carbonyl (C=O) groups is 1. The molecule has 68 valence electrons. The van der Waals surface area contributed by atoms with E-state index >= 15 is 0 Å². The number of aliphatic carboxylic acids is 1. The van der Waals surface area contributed by atoms with Crippen LogP contribution >= 0.6 is 0 Å². The van der Waals surface area contributed by atoms with Crippen LogP contribution in [0.4, 0.5) is 0 Å². The van der Waals surface area contributed by atoms with E-state index in [2.05, 4.69) is 6.58 Å². The monoisotopic (exact) mass is 170 g/mol. The Kier molecular flexibility index (Phi) is 5.04. The van der Waals surface area contributed by atoms with Gasteiger partial charge in [-0.05, 0) is 12.3 Å². The first-order valence-corrected chi connectivity index (χ1v) is 3.78. The fraction of sp³-hybridized carbons (Fsp3) is 0.444. The Morgan fingerprint density at radius 1 is 1.67 bits per heavy atom. The lowest BCUT2D eigenvalue weighted by Crippen LogP contribution is -2.14. The number of rotatable bonds is 5. The van der Waals surface area contributed by atoms with Gasteiger partial charge in [-0.2, -0.15) is 0 Å². The smallest absolute Gasteiger partial charge is 0.327 e. The quantitative estimate of drug-likeness (QED) is 0.481. The Bertz CT molecular complexity index is 184. The number of carboxylic acids is 1. The van der Waals surface area contributed by atoms with Crippen LogP contribution in [0.5, 0.6) is 0 Å². The molecule has 0 aromatic carbocycles. The number of aliphatic hydroxyl groups excluding tert-OH is 1. The fourth-order valence-corrected chi connectivity index (χ4v) is 0.680. The summed E-state index contributed by atoms with van der Waals surface area (Å²) in [5.74, 6) is -1.00. The highest BCUT2D eigenvalue weighted by molar-refractivity contribution is 5.79. The highest BCUT2D eigenvalue weighted by Crippen LogP contribution is 2.07. The van der Waals surface area contributed by atoms with Gasteiger partial charge in [-0.25, -0.2) is 4.79 Å². The van der Waals surface area contributed by atoms with Gasteiger partial charge in [-0.1, -0.05) is 19.1 Å². The molecule has 0 bridgehead atoms. The lowest BCUT2D eigenvalue weighted by atomic mass is 10.0. The Hall–Kier alpha value is -1.09. The third kappa shape index (κ3) is 4.68. The Morgan fingerprint density at radius 2 is 2.25 bits per heavy atom. The highest BCUT2D eigenvalue weighted by Gasteiger charge is 2.07. The molecule has 0 rings (SSSR count). The molecule has 0 aliphatic heterocycles. The van der Waals surface area contributed by atoms with Crippen molar-refractivity contribution in [2.24, 2.45) is 5.92 Å². The van der Waals surface area contributed by atoms with Gasteiger partial charge < -0.3 is 10.2 Å². The molecule has 3 heteroatoms. The predicted octanol–water partition coefficient (Wildman–Crippen LogP) is 1.20. The predicted molar refractivity (Wildman–Crippen MR) is 46.8 cm³/mol. The summed E-state index contributed by atoms with van der Waals surface area (Å²) in [6.45, 7) is 5.35. The molecule has 0 heterocycles. The fourth-order valence-electron chi connectivity index (χ4n) is 0.680. The first-order valence-electron chi connectivity index (χ1n) is 3.78. The summed E-state index contributed by atoms with van der Waals surface area (Å²) in [7, 11) is 0. The van der Waals surface area contributed by atoms with Crippen molar-refractivity contribution in [2.75, 3.05) is 0 Å². The normalized spacial score (nSPS) is 15.8. The molecule has 0 saturated heterocycles. The van der Waals surface area contributed by atoms with Crippen molar-refractivity contribution < 1.29 is 15.0 Å². The third-order valence-electron chi connectivity index (χ3n) is 1.62. The maximum absolute atomic E-state index is 10.0. The lowest BCUT2D eigenvalue weighted by Gasteiger charge is -2.11. The van der Waals surface area contributed by atoms with Crippen LogP contribution < -0.4 is 0 Å². The molecule has 2 atom stereocenters. The molecule has 0 fully saturated rings. The summed E-state index contributed by atoms with van der Waals surface area (Å²) in [5, 5.41) is 17.5. The maximum Gasteiger partial charge on any atom is 0.327 e. The van der Waals surface area contributed by atoms with E-state index in [1.54, 1.807) is 6.08 Å². The number of hydrogen-bond acceptors (Lipinski definition) is 2. The van der Waals surface area contributed by atoms with Crippen molar-refractivity contribution in [3.8, 4) is 0 Å². The summed E-state index contributed by atoms with van der Waals surface area (Å²) in [5.41, 5.74) is 0. The Morgan fingerprint density at radius 3 is 2.67 bits per heavy atom. The van der Waals surface area contributed by atoms with Crippen molar-refractivity contribution in [1.82, 2.24) is 0 Å². The van der Waals surface area contributed by atoms with Gasteiger partial charge in [0.25, 0.3) is 0 Å². The van der Waals surface area contributed by atoms with E-state index in [0.29, 0.717) is 6.42 Å². The van der Waals surface area contributed by atoms with Crippen LogP contribution in [0.3, 0.4) is 0 Å². The van der Waals surface area contributed by atoms with Crippen molar-refractivity contribution >= 4 is 5.97 Å². The van der Waals surface area contributed by atoms with Gasteiger partial charge in [0.05, 0.1) is 6.10 Å². The molecule has 0 spiro atoms. The molecule has 0 aromatic rings. The van der Waals surface area contributed by atoms with Crippen LogP contribution in [0, 0.1) is 5.92 Å². The number of aliphatic hydroxyl groups is 1. The second-order valence-electron chi connectivity index (χ2n) is 2.64. The van der Waals surface area contributed by atoms with Crippen LogP contribution in [0.1, 0.15) is 13.3 Å². The standard InChI is InChI=1S/C9H14O3/c1-3-7(2)8(10)5-4-6-9(11)12/h3-4,6-8,10H,1,5H2,2H3,(H,11,12)/b6-4+/t7-,8+/m1/s1. The Balaban J connectivity index is 3.77. The molecule has 0 amide bonds. The number of hydrogen-bond donors (Lipinski definition) is 2. The minimum atomic E-state index is -0.992. The second-order valence-corrected chi connectivity index (χ2v) is 2.64. The van der Waals surface area contributed by atoms with Crippen LogP contribution in [-0.2, 0) is 4.79 Å². The highest BCUT2D eigenvalue weighted by atomic mass is 16.4. The van der Waals surface area contributed by atoms with Gasteiger partial charge in [0.2, 0.25) is 0 Å². The summed E-state index contributed by atoms with van der Waals surface area (Å²) < 4.78 is 0. The summed E-state index contributed by atoms with van der Waals surface area (Å²) in [6, 6.07) is 0. The zero-order chi connectivity index (χ0) is 9.56. The van der Waals surface area contributed by atoms with E-state index in [1.165, 1.54) is 6.08 Å². The number of carboxylic acid groups (broad SMARTS) is 1. The van der Waals surface area contributed by atoms with Crippen LogP contribution in [0.2, 0.25) is 0 Å². The zero-order valence-electron chi connectivity index (χ0n) is 7.10. The average molecular weight is 170 g/mol. The van der Waals surface area contributed by atoms with Gasteiger partial charge in [-0.3, -0.25) is 0 Å². The topological polar surface area (TPSA) is 57.5 Å². The first kappa shape index (κ1) is 10.9. The van der Waals surface area contributed by atoms with Gasteiger partial charge in [-0.15, -0.1) is 6.58 Å². The van der Waals surface area contributed by atoms with E-state index < -0.39 is 12.1 Å². The molecule has 0 radical (unpaired) electrons. The molecular weight excluding hydrogens is 156 g/mol. The molecule has 12 heavy (non-hydrogen) atoms. The molecule has 0 unspecified atom stereocenters. The SMILES string of the molecule is C=C[C@@H](C)[C@@H](O)C/C=C/C(=O)O. The van der Waals surface area contributed by atoms with E-state index in [9.17, 15) is 9.90 Å². The average Bonchev–Trinajstić information content (AvgIpc) is 2.02. The lowest BCUT2D eigenvalue weighted by molar-refractivity contribution is -0.131. The van der Waals surface area contributed by atoms with Gasteiger partial charge in [0, 0.05) is 6.08 Å². The van der Waals surface area contributed by atoms with Crippen LogP contribution in [0.25, 0.3) is 0 Å². The molecule has 0 aliphatic rings. The van der Waals surface area contributed by atoms with Crippen molar-refractivity contribution in [3.05, 3.63) is 24.8 Å². The summed E-state index contributed by atoms with van der Waals surface area (Å²) in [6.07, 6.45) is 3.91. The van der Waals surface area contributed by atoms with E-state index in [-0.39, 0.29) is 5.92 Å².